The fourth-order valence-corrected chi connectivity index (χ4v) is 3.72. The number of aryl methyl sites for hydroxylation is 1. The number of allylic oxidation sites excluding steroid dienone is 1. The predicted molar refractivity (Wildman–Crippen MR) is 102 cm³/mol. The number of benzene rings is 1. The van der Waals surface area contributed by atoms with Crippen LogP contribution in [0, 0.1) is 6.92 Å². The lowest BCUT2D eigenvalue weighted by atomic mass is 9.99. The molecule has 0 amide bonds. The van der Waals surface area contributed by atoms with Crippen molar-refractivity contribution in [3.63, 3.8) is 0 Å². The average Bonchev–Trinajstić information content (AvgIpc) is 3.28. The van der Waals surface area contributed by atoms with Gasteiger partial charge in [0.1, 0.15) is 17.3 Å². The van der Waals surface area contributed by atoms with E-state index in [1.165, 1.54) is 0 Å². The van der Waals surface area contributed by atoms with Crippen LogP contribution < -0.4 is 4.74 Å². The number of furan rings is 1. The van der Waals surface area contributed by atoms with Crippen LogP contribution in [0.15, 0.2) is 34.6 Å². The van der Waals surface area contributed by atoms with Crippen molar-refractivity contribution in [2.24, 2.45) is 0 Å². The predicted octanol–water partition coefficient (Wildman–Crippen LogP) is 3.05. The number of phenols is 1. The number of aromatic hydroxyl groups is 1. The van der Waals surface area contributed by atoms with Gasteiger partial charge in [0.25, 0.3) is 0 Å². The highest BCUT2D eigenvalue weighted by atomic mass is 16.5. The summed E-state index contributed by atoms with van der Waals surface area (Å²) in [5.41, 5.74) is 1.93. The van der Waals surface area contributed by atoms with Crippen LogP contribution in [0.2, 0.25) is 0 Å². The molecule has 27 heavy (non-hydrogen) atoms. The van der Waals surface area contributed by atoms with Gasteiger partial charge in [0.2, 0.25) is 5.78 Å². The third-order valence-corrected chi connectivity index (χ3v) is 5.33. The van der Waals surface area contributed by atoms with E-state index in [1.807, 2.05) is 6.92 Å². The Hall–Kier alpha value is -2.57. The number of likely N-dealkylation sites (N-methyl/N-ethyl adjacent to an activating group) is 1. The summed E-state index contributed by atoms with van der Waals surface area (Å²) in [4.78, 5) is 17.5. The van der Waals surface area contributed by atoms with Crippen molar-refractivity contribution in [1.82, 2.24) is 9.80 Å². The Kier molecular flexibility index (Phi) is 4.76. The second-order valence-corrected chi connectivity index (χ2v) is 7.06. The van der Waals surface area contributed by atoms with E-state index >= 15 is 0 Å². The maximum absolute atomic E-state index is 12.8. The summed E-state index contributed by atoms with van der Waals surface area (Å²) >= 11 is 0. The lowest BCUT2D eigenvalue weighted by Gasteiger charge is -2.34. The Morgan fingerprint density at radius 2 is 1.96 bits per heavy atom. The first kappa shape index (κ1) is 17.8. The average molecular weight is 368 g/mol. The summed E-state index contributed by atoms with van der Waals surface area (Å²) in [7, 11) is 0. The van der Waals surface area contributed by atoms with E-state index in [1.54, 1.807) is 30.5 Å². The normalized spacial score (nSPS) is 19.5. The van der Waals surface area contributed by atoms with E-state index in [0.29, 0.717) is 29.2 Å². The van der Waals surface area contributed by atoms with Gasteiger partial charge in [-0.15, -0.1) is 0 Å². The van der Waals surface area contributed by atoms with Gasteiger partial charge in [-0.25, -0.2) is 0 Å². The second kappa shape index (κ2) is 7.21. The van der Waals surface area contributed by atoms with E-state index in [0.717, 1.165) is 38.3 Å². The molecule has 0 saturated carbocycles. The molecule has 0 aliphatic carbocycles. The van der Waals surface area contributed by atoms with E-state index < -0.39 is 0 Å². The summed E-state index contributed by atoms with van der Waals surface area (Å²) in [6, 6.07) is 5.19. The van der Waals surface area contributed by atoms with Crippen molar-refractivity contribution < 1.29 is 19.1 Å². The second-order valence-electron chi connectivity index (χ2n) is 7.06. The van der Waals surface area contributed by atoms with Gasteiger partial charge in [0.15, 0.2) is 5.76 Å². The van der Waals surface area contributed by atoms with Crippen LogP contribution in [-0.4, -0.2) is 53.4 Å². The first-order valence-electron chi connectivity index (χ1n) is 9.34. The van der Waals surface area contributed by atoms with Crippen molar-refractivity contribution in [3.8, 4) is 11.5 Å². The minimum absolute atomic E-state index is 0.170. The molecule has 0 unspecified atom stereocenters. The molecule has 0 bridgehead atoms. The molecule has 1 aromatic carbocycles. The zero-order chi connectivity index (χ0) is 19.0. The molecule has 0 radical (unpaired) electrons. The number of rotatable bonds is 4. The van der Waals surface area contributed by atoms with Crippen LogP contribution >= 0.6 is 0 Å². The Labute approximate surface area is 158 Å². The van der Waals surface area contributed by atoms with Crippen LogP contribution in [0.1, 0.15) is 34.2 Å². The monoisotopic (exact) mass is 368 g/mol. The first-order chi connectivity index (χ1) is 13.1. The molecule has 2 aliphatic rings. The Balaban J connectivity index is 1.63. The molecule has 6 nitrogen and oxygen atoms in total. The number of ether oxygens (including phenoxy) is 1. The third-order valence-electron chi connectivity index (χ3n) is 5.33. The standard InChI is InChI=1S/C21H24N2O4/c1-3-22-6-8-23(9-7-22)13-16-17(24)11-14(2)19-20(25)18(27-21(16)19)12-15-5-4-10-26-15/h4-5,10-12,24H,3,6-9,13H2,1-2H3/b18-12+. The van der Waals surface area contributed by atoms with Gasteiger partial charge in [0, 0.05) is 38.8 Å². The van der Waals surface area contributed by atoms with Crippen LogP contribution in [0.4, 0.5) is 0 Å². The van der Waals surface area contributed by atoms with E-state index in [2.05, 4.69) is 16.7 Å². The molecule has 0 spiro atoms. The van der Waals surface area contributed by atoms with Crippen LogP contribution in [0.25, 0.3) is 6.08 Å². The van der Waals surface area contributed by atoms with Gasteiger partial charge in [-0.3, -0.25) is 9.69 Å². The van der Waals surface area contributed by atoms with Crippen molar-refractivity contribution in [3.05, 3.63) is 52.7 Å². The fraction of sp³-hybridized carbons (Fsp3) is 0.381. The minimum atomic E-state index is -0.170. The van der Waals surface area contributed by atoms with Crippen LogP contribution in [0.3, 0.4) is 0 Å². The SMILES string of the molecule is CCN1CCN(Cc2c(O)cc(C)c3c2O/C(=C/c2ccco2)C3=O)CC1. The Morgan fingerprint density at radius 1 is 1.22 bits per heavy atom. The zero-order valence-corrected chi connectivity index (χ0v) is 15.7. The smallest absolute Gasteiger partial charge is 0.232 e. The molecule has 1 saturated heterocycles. The molecule has 0 atom stereocenters. The van der Waals surface area contributed by atoms with Gasteiger partial charge < -0.3 is 19.2 Å². The number of hydrogen-bond acceptors (Lipinski definition) is 6. The molecule has 1 aromatic heterocycles. The zero-order valence-electron chi connectivity index (χ0n) is 15.7. The number of Topliss-reactive ketones (excluding diaryl/α,β-unsaturated/α-hetero) is 1. The number of hydrogen-bond donors (Lipinski definition) is 1. The molecule has 3 heterocycles. The minimum Gasteiger partial charge on any atom is -0.507 e. The summed E-state index contributed by atoms with van der Waals surface area (Å²) in [5, 5.41) is 10.5. The Morgan fingerprint density at radius 3 is 2.63 bits per heavy atom. The van der Waals surface area contributed by atoms with E-state index in [9.17, 15) is 9.90 Å². The molecular weight excluding hydrogens is 344 g/mol. The molecule has 1 fully saturated rings. The van der Waals surface area contributed by atoms with Gasteiger partial charge in [0.05, 0.1) is 17.4 Å². The highest BCUT2D eigenvalue weighted by Crippen LogP contribution is 2.42. The number of carbonyl (C=O) groups excluding carboxylic acids is 1. The number of phenolic OH excluding ortho intramolecular Hbond substituents is 1. The molecule has 2 aromatic rings. The highest BCUT2D eigenvalue weighted by molar-refractivity contribution is 6.15. The van der Waals surface area contributed by atoms with Crippen molar-refractivity contribution >= 4 is 11.9 Å². The van der Waals surface area contributed by atoms with Crippen LogP contribution in [-0.2, 0) is 6.54 Å². The fourth-order valence-electron chi connectivity index (χ4n) is 3.72. The summed E-state index contributed by atoms with van der Waals surface area (Å²) in [6.07, 6.45) is 3.15. The molecule has 2 aliphatic heterocycles. The number of fused-ring (bicyclic) bond motifs is 1. The number of nitrogens with zero attached hydrogens (tertiary/aromatic N) is 2. The lowest BCUT2D eigenvalue weighted by Crippen LogP contribution is -2.45. The topological polar surface area (TPSA) is 66.2 Å². The summed E-state index contributed by atoms with van der Waals surface area (Å²) in [6.45, 7) is 9.48. The highest BCUT2D eigenvalue weighted by Gasteiger charge is 2.34. The molecule has 4 rings (SSSR count). The van der Waals surface area contributed by atoms with Gasteiger partial charge in [-0.1, -0.05) is 6.92 Å². The molecule has 1 N–H and O–H groups in total. The Bertz CT molecular complexity index is 878. The quantitative estimate of drug-likeness (QED) is 0.837. The maximum atomic E-state index is 12.8. The largest absolute Gasteiger partial charge is 0.507 e. The number of piperazine rings is 1. The summed E-state index contributed by atoms with van der Waals surface area (Å²) < 4.78 is 11.2. The van der Waals surface area contributed by atoms with Crippen molar-refractivity contribution in [2.75, 3.05) is 32.7 Å². The van der Waals surface area contributed by atoms with Crippen LogP contribution in [0.5, 0.6) is 11.5 Å². The van der Waals surface area contributed by atoms with E-state index in [4.69, 9.17) is 9.15 Å². The summed E-state index contributed by atoms with van der Waals surface area (Å²) in [5.74, 6) is 1.27. The first-order valence-corrected chi connectivity index (χ1v) is 9.34. The number of ketones is 1. The van der Waals surface area contributed by atoms with Gasteiger partial charge >= 0.3 is 0 Å². The van der Waals surface area contributed by atoms with Gasteiger partial charge in [-0.05, 0) is 37.2 Å². The van der Waals surface area contributed by atoms with Gasteiger partial charge in [-0.2, -0.15) is 0 Å². The molecule has 6 heteroatoms. The lowest BCUT2D eigenvalue weighted by molar-refractivity contribution is 0.101. The molecule has 142 valence electrons. The van der Waals surface area contributed by atoms with E-state index in [-0.39, 0.29) is 17.3 Å². The van der Waals surface area contributed by atoms with Crippen molar-refractivity contribution in [1.29, 1.82) is 0 Å². The molecular formula is C21H24N2O4. The number of carbonyl (C=O) groups is 1. The third kappa shape index (κ3) is 3.38. The maximum Gasteiger partial charge on any atom is 0.232 e. The van der Waals surface area contributed by atoms with Crippen molar-refractivity contribution in [2.45, 2.75) is 20.4 Å².